The van der Waals surface area contributed by atoms with Gasteiger partial charge in [0.2, 0.25) is 0 Å². The predicted octanol–water partition coefficient (Wildman–Crippen LogP) is 7.08. The van der Waals surface area contributed by atoms with Crippen LogP contribution in [-0.4, -0.2) is 16.2 Å². The Hall–Kier alpha value is -3.52. The maximum Gasteiger partial charge on any atom is 0.303 e. The van der Waals surface area contributed by atoms with E-state index >= 15 is 0 Å². The van der Waals surface area contributed by atoms with Crippen molar-refractivity contribution in [2.45, 2.75) is 66.3 Å². The van der Waals surface area contributed by atoms with Crippen molar-refractivity contribution in [3.05, 3.63) is 93.7 Å². The summed E-state index contributed by atoms with van der Waals surface area (Å²) in [6.45, 7) is 8.09. The van der Waals surface area contributed by atoms with Crippen molar-refractivity contribution in [1.29, 1.82) is 0 Å². The first-order valence-corrected chi connectivity index (χ1v) is 11.4. The number of aliphatic carboxylic acids is 1. The average Bonchev–Trinajstić information content (AvgIpc) is 2.96. The zero-order valence-electron chi connectivity index (χ0n) is 20.6. The summed E-state index contributed by atoms with van der Waals surface area (Å²) in [5.74, 6) is 1.28. The van der Waals surface area contributed by atoms with Crippen LogP contribution in [0.2, 0.25) is 0 Å². The number of terminal acetylenes is 1. The second-order valence-electron chi connectivity index (χ2n) is 8.10. The molecule has 0 aliphatic heterocycles. The largest absolute Gasteiger partial charge is 0.513 e. The topological polar surface area (TPSA) is 69.6 Å². The van der Waals surface area contributed by atoms with E-state index in [1.165, 1.54) is 17.2 Å². The minimum absolute atomic E-state index is 0.0855. The molecule has 3 N–H and O–H groups in total. The predicted molar refractivity (Wildman–Crippen MR) is 138 cm³/mol. The van der Waals surface area contributed by atoms with Gasteiger partial charge < -0.3 is 15.5 Å². The van der Waals surface area contributed by atoms with Gasteiger partial charge in [0.1, 0.15) is 5.83 Å². The summed E-state index contributed by atoms with van der Waals surface area (Å²) in [5.41, 5.74) is 6.01. The van der Waals surface area contributed by atoms with Gasteiger partial charge >= 0.3 is 5.97 Å². The van der Waals surface area contributed by atoms with E-state index in [0.717, 1.165) is 29.7 Å². The number of carboxylic acids is 1. The van der Waals surface area contributed by atoms with E-state index in [1.807, 2.05) is 19.1 Å². The van der Waals surface area contributed by atoms with Crippen LogP contribution in [0.3, 0.4) is 0 Å². The number of hydrogen-bond donors (Lipinski definition) is 3. The van der Waals surface area contributed by atoms with Crippen LogP contribution >= 0.6 is 0 Å². The fraction of sp³-hybridized carbons (Fsp3) is 0.345. The normalized spacial score (nSPS) is 14.2. The van der Waals surface area contributed by atoms with Crippen molar-refractivity contribution in [2.24, 2.45) is 0 Å². The molecule has 0 saturated carbocycles. The zero-order chi connectivity index (χ0) is 25.5. The molecule has 1 aromatic carbocycles. The molecule has 1 aliphatic carbocycles. The molecule has 5 heteroatoms. The zero-order valence-corrected chi connectivity index (χ0v) is 20.6. The molecule has 0 amide bonds. The highest BCUT2D eigenvalue weighted by molar-refractivity contribution is 5.67. The van der Waals surface area contributed by atoms with Gasteiger partial charge in [-0.3, -0.25) is 4.79 Å². The van der Waals surface area contributed by atoms with Crippen molar-refractivity contribution in [3.8, 4) is 12.3 Å². The Balaban J connectivity index is 0.00000182. The van der Waals surface area contributed by atoms with Crippen LogP contribution in [0.25, 0.3) is 0 Å². The van der Waals surface area contributed by atoms with Gasteiger partial charge in [-0.2, -0.15) is 0 Å². The molecule has 0 unspecified atom stereocenters. The molecule has 0 atom stereocenters. The molecule has 0 fully saturated rings. The lowest BCUT2D eigenvalue weighted by molar-refractivity contribution is -0.136. The summed E-state index contributed by atoms with van der Waals surface area (Å²) in [5, 5.41) is 21.7. The number of carbonyl (C=O) groups is 1. The number of benzene rings is 1. The molecule has 1 aromatic rings. The van der Waals surface area contributed by atoms with Crippen LogP contribution in [0, 0.1) is 12.3 Å². The second-order valence-corrected chi connectivity index (χ2v) is 8.10. The van der Waals surface area contributed by atoms with E-state index < -0.39 is 5.97 Å². The van der Waals surface area contributed by atoms with Gasteiger partial charge in [0.25, 0.3) is 0 Å². The monoisotopic (exact) mass is 465 g/mol. The standard InChI is InChI=1S/C26H32FNO3.C3H4/c1-4-22(18(2)14-19(3)29)16-20-6-5-7-21(15-20)17-28-24-10-8-23(9-13-26(30)31)25(27)12-11-24;1-3-2/h5-8,10,12,14-15,28-29H,4,9,11,13,16-17H2,1-3H3,(H,30,31);1H,2H3/b19-14+,22-18+;. The van der Waals surface area contributed by atoms with Crippen molar-refractivity contribution < 1.29 is 19.4 Å². The summed E-state index contributed by atoms with van der Waals surface area (Å²) in [4.78, 5) is 10.7. The molecule has 0 radical (unpaired) electrons. The second kappa shape index (κ2) is 15.3. The molecule has 0 heterocycles. The molecule has 2 rings (SSSR count). The number of halogens is 1. The van der Waals surface area contributed by atoms with Crippen LogP contribution in [0.15, 0.2) is 82.6 Å². The maximum absolute atomic E-state index is 14.2. The summed E-state index contributed by atoms with van der Waals surface area (Å²) < 4.78 is 14.2. The molecular formula is C29H36FNO3. The maximum atomic E-state index is 14.2. The summed E-state index contributed by atoms with van der Waals surface area (Å²) in [6.07, 6.45) is 13.7. The minimum Gasteiger partial charge on any atom is -0.513 e. The van der Waals surface area contributed by atoms with Gasteiger partial charge in [0, 0.05) is 25.1 Å². The number of rotatable bonds is 10. The quantitative estimate of drug-likeness (QED) is 0.196. The van der Waals surface area contributed by atoms with Crippen LogP contribution in [-0.2, 0) is 17.8 Å². The Bertz CT molecular complexity index is 1030. The Morgan fingerprint density at radius 1 is 1.24 bits per heavy atom. The molecule has 1 aliphatic rings. The molecule has 0 aromatic heterocycles. The minimum atomic E-state index is -0.932. The van der Waals surface area contributed by atoms with Gasteiger partial charge in [-0.25, -0.2) is 4.39 Å². The van der Waals surface area contributed by atoms with E-state index in [1.54, 1.807) is 26.0 Å². The van der Waals surface area contributed by atoms with Crippen LogP contribution in [0.5, 0.6) is 0 Å². The van der Waals surface area contributed by atoms with Gasteiger partial charge in [0.15, 0.2) is 0 Å². The smallest absolute Gasteiger partial charge is 0.303 e. The number of aliphatic hydroxyl groups is 1. The summed E-state index contributed by atoms with van der Waals surface area (Å²) in [7, 11) is 0. The third-order valence-corrected chi connectivity index (χ3v) is 5.24. The average molecular weight is 466 g/mol. The molecule has 0 spiro atoms. The van der Waals surface area contributed by atoms with Crippen molar-refractivity contribution >= 4 is 5.97 Å². The van der Waals surface area contributed by atoms with Gasteiger partial charge in [-0.1, -0.05) is 42.8 Å². The van der Waals surface area contributed by atoms with Gasteiger partial charge in [-0.15, -0.1) is 12.3 Å². The van der Waals surface area contributed by atoms with Crippen molar-refractivity contribution in [2.75, 3.05) is 0 Å². The lowest BCUT2D eigenvalue weighted by Gasteiger charge is -2.12. The number of aliphatic hydroxyl groups excluding tert-OH is 1. The van der Waals surface area contributed by atoms with E-state index in [4.69, 9.17) is 5.11 Å². The third-order valence-electron chi connectivity index (χ3n) is 5.24. The summed E-state index contributed by atoms with van der Waals surface area (Å²) in [6, 6.07) is 8.35. The lowest BCUT2D eigenvalue weighted by Crippen LogP contribution is -2.12. The Kier molecular flexibility index (Phi) is 12.9. The first-order valence-electron chi connectivity index (χ1n) is 11.4. The van der Waals surface area contributed by atoms with Crippen molar-refractivity contribution in [3.63, 3.8) is 0 Å². The molecule has 0 bridgehead atoms. The first-order chi connectivity index (χ1) is 16.2. The van der Waals surface area contributed by atoms with E-state index in [9.17, 15) is 14.3 Å². The van der Waals surface area contributed by atoms with E-state index in [0.29, 0.717) is 24.3 Å². The highest BCUT2D eigenvalue weighted by atomic mass is 19.1. The molecule has 4 nitrogen and oxygen atoms in total. The highest BCUT2D eigenvalue weighted by Gasteiger charge is 2.10. The molecule has 182 valence electrons. The number of hydrogen-bond acceptors (Lipinski definition) is 3. The van der Waals surface area contributed by atoms with E-state index in [2.05, 4.69) is 42.8 Å². The van der Waals surface area contributed by atoms with Crippen LogP contribution in [0.1, 0.15) is 64.5 Å². The van der Waals surface area contributed by atoms with Crippen LogP contribution in [0.4, 0.5) is 4.39 Å². The van der Waals surface area contributed by atoms with Gasteiger partial charge in [-0.05, 0) is 80.5 Å². The summed E-state index contributed by atoms with van der Waals surface area (Å²) >= 11 is 0. The number of carboxylic acid groups (broad SMARTS) is 1. The molecular weight excluding hydrogens is 429 g/mol. The molecule has 34 heavy (non-hydrogen) atoms. The lowest BCUT2D eigenvalue weighted by atomic mass is 9.97. The van der Waals surface area contributed by atoms with Crippen molar-refractivity contribution in [1.82, 2.24) is 5.32 Å². The fourth-order valence-corrected chi connectivity index (χ4v) is 3.53. The fourth-order valence-electron chi connectivity index (χ4n) is 3.53. The highest BCUT2D eigenvalue weighted by Crippen LogP contribution is 2.23. The SMILES string of the molecule is C#CC.CC/C(Cc1cccc(CNC2=CC=C(CCC(=O)O)C(F)=CC2)c1)=C(C)\C=C(/C)O. The number of allylic oxidation sites excluding steroid dienone is 9. The molecule has 0 saturated heterocycles. The van der Waals surface area contributed by atoms with Crippen LogP contribution < -0.4 is 5.32 Å². The Morgan fingerprint density at radius 3 is 2.53 bits per heavy atom. The van der Waals surface area contributed by atoms with E-state index in [-0.39, 0.29) is 18.7 Å². The Morgan fingerprint density at radius 2 is 1.91 bits per heavy atom. The third kappa shape index (κ3) is 10.9. The number of nitrogens with one attached hydrogen (secondary N) is 1. The Labute approximate surface area is 203 Å². The first kappa shape index (κ1) is 28.5. The van der Waals surface area contributed by atoms with Gasteiger partial charge in [0.05, 0.1) is 5.76 Å².